The fourth-order valence-electron chi connectivity index (χ4n) is 1.44. The van der Waals surface area contributed by atoms with E-state index >= 15 is 0 Å². The first-order chi connectivity index (χ1) is 8.18. The molecule has 0 aliphatic rings. The molecule has 0 amide bonds. The molecular formula is C12H11NO3S. The maximum Gasteiger partial charge on any atom is 0.341 e. The van der Waals surface area contributed by atoms with Crippen molar-refractivity contribution in [2.45, 2.75) is 13.5 Å². The Morgan fingerprint density at radius 2 is 2.35 bits per heavy atom. The molecule has 1 N–H and O–H groups in total. The van der Waals surface area contributed by atoms with Crippen LogP contribution < -0.4 is 4.74 Å². The van der Waals surface area contributed by atoms with Crippen LogP contribution >= 0.6 is 11.3 Å². The zero-order valence-electron chi connectivity index (χ0n) is 9.21. The minimum absolute atomic E-state index is 0.129. The molecule has 2 aromatic rings. The lowest BCUT2D eigenvalue weighted by Crippen LogP contribution is -2.06. The first kappa shape index (κ1) is 11.6. The summed E-state index contributed by atoms with van der Waals surface area (Å²) in [6, 6.07) is 5.51. The highest BCUT2D eigenvalue weighted by Gasteiger charge is 2.15. The number of carbonyl (C=O) groups is 1. The maximum atomic E-state index is 11.1. The van der Waals surface area contributed by atoms with E-state index in [0.29, 0.717) is 12.2 Å². The number of aromatic carboxylic acids is 1. The Kier molecular flexibility index (Phi) is 3.39. The summed E-state index contributed by atoms with van der Waals surface area (Å²) in [6.07, 6.45) is 1.55. The Morgan fingerprint density at radius 1 is 1.53 bits per heavy atom. The van der Waals surface area contributed by atoms with Crippen molar-refractivity contribution in [3.63, 3.8) is 0 Å². The molecule has 4 nitrogen and oxygen atoms in total. The minimum atomic E-state index is -1.02. The molecule has 17 heavy (non-hydrogen) atoms. The number of pyridine rings is 1. The van der Waals surface area contributed by atoms with Crippen LogP contribution in [0.5, 0.6) is 5.88 Å². The Bertz CT molecular complexity index is 523. The molecule has 0 saturated heterocycles. The van der Waals surface area contributed by atoms with Crippen LogP contribution in [0.25, 0.3) is 0 Å². The average molecular weight is 249 g/mol. The van der Waals surface area contributed by atoms with Gasteiger partial charge < -0.3 is 9.84 Å². The molecule has 0 aliphatic heterocycles. The van der Waals surface area contributed by atoms with E-state index in [0.717, 1.165) is 4.88 Å². The normalized spacial score (nSPS) is 10.2. The number of nitrogens with zero attached hydrogens (tertiary/aromatic N) is 1. The Balaban J connectivity index is 2.21. The summed E-state index contributed by atoms with van der Waals surface area (Å²) in [7, 11) is 0. The predicted molar refractivity (Wildman–Crippen MR) is 64.6 cm³/mol. The summed E-state index contributed by atoms with van der Waals surface area (Å²) >= 11 is 1.56. The van der Waals surface area contributed by atoms with Crippen LogP contribution in [0.4, 0.5) is 0 Å². The lowest BCUT2D eigenvalue weighted by molar-refractivity contribution is 0.0690. The first-order valence-electron chi connectivity index (χ1n) is 5.02. The van der Waals surface area contributed by atoms with Gasteiger partial charge in [-0.05, 0) is 30.0 Å². The molecular weight excluding hydrogens is 238 g/mol. The van der Waals surface area contributed by atoms with Crippen LogP contribution in [0, 0.1) is 6.92 Å². The molecule has 0 aromatic carbocycles. The van der Waals surface area contributed by atoms with Gasteiger partial charge in [0.1, 0.15) is 12.2 Å². The molecule has 2 aromatic heterocycles. The van der Waals surface area contributed by atoms with Gasteiger partial charge in [0, 0.05) is 11.1 Å². The fraction of sp³-hybridized carbons (Fsp3) is 0.167. The van der Waals surface area contributed by atoms with Gasteiger partial charge in [0.05, 0.1) is 0 Å². The number of ether oxygens (including phenoxy) is 1. The third-order valence-corrected chi connectivity index (χ3v) is 3.12. The van der Waals surface area contributed by atoms with Crippen LogP contribution in [-0.4, -0.2) is 16.1 Å². The lowest BCUT2D eigenvalue weighted by atomic mass is 10.1. The van der Waals surface area contributed by atoms with E-state index < -0.39 is 5.97 Å². The number of hydrogen-bond acceptors (Lipinski definition) is 4. The molecule has 2 rings (SSSR count). The van der Waals surface area contributed by atoms with Crippen molar-refractivity contribution in [2.24, 2.45) is 0 Å². The van der Waals surface area contributed by atoms with E-state index in [-0.39, 0.29) is 11.4 Å². The molecule has 0 saturated carbocycles. The highest BCUT2D eigenvalue weighted by molar-refractivity contribution is 7.09. The third-order valence-electron chi connectivity index (χ3n) is 2.27. The van der Waals surface area contributed by atoms with Crippen molar-refractivity contribution >= 4 is 17.3 Å². The van der Waals surface area contributed by atoms with E-state index in [4.69, 9.17) is 9.84 Å². The second kappa shape index (κ2) is 4.97. The van der Waals surface area contributed by atoms with Crippen LogP contribution in [0.2, 0.25) is 0 Å². The van der Waals surface area contributed by atoms with Crippen molar-refractivity contribution in [3.8, 4) is 5.88 Å². The smallest absolute Gasteiger partial charge is 0.341 e. The Labute approximate surface area is 103 Å². The number of hydrogen-bond donors (Lipinski definition) is 1. The average Bonchev–Trinajstić information content (AvgIpc) is 2.78. The summed E-state index contributed by atoms with van der Waals surface area (Å²) in [5.74, 6) is -0.845. The van der Waals surface area contributed by atoms with E-state index in [1.54, 1.807) is 30.5 Å². The number of thiophene rings is 1. The van der Waals surface area contributed by atoms with Gasteiger partial charge in [-0.15, -0.1) is 11.3 Å². The zero-order valence-corrected chi connectivity index (χ0v) is 10.0. The molecule has 0 atom stereocenters. The van der Waals surface area contributed by atoms with Gasteiger partial charge in [-0.3, -0.25) is 0 Å². The van der Waals surface area contributed by atoms with Crippen LogP contribution in [0.1, 0.15) is 20.8 Å². The quantitative estimate of drug-likeness (QED) is 0.905. The predicted octanol–water partition coefficient (Wildman–Crippen LogP) is 2.73. The molecule has 0 unspecified atom stereocenters. The van der Waals surface area contributed by atoms with E-state index in [1.807, 2.05) is 17.5 Å². The summed E-state index contributed by atoms with van der Waals surface area (Å²) in [4.78, 5) is 16.1. The molecule has 0 aliphatic carbocycles. The van der Waals surface area contributed by atoms with E-state index in [1.165, 1.54) is 0 Å². The topological polar surface area (TPSA) is 59.4 Å². The monoisotopic (exact) mass is 249 g/mol. The van der Waals surface area contributed by atoms with Gasteiger partial charge in [0.2, 0.25) is 5.88 Å². The second-order valence-electron chi connectivity index (χ2n) is 3.48. The van der Waals surface area contributed by atoms with Gasteiger partial charge in [-0.2, -0.15) is 0 Å². The van der Waals surface area contributed by atoms with Gasteiger partial charge in [-0.1, -0.05) is 6.07 Å². The molecule has 0 radical (unpaired) electrons. The summed E-state index contributed by atoms with van der Waals surface area (Å²) < 4.78 is 5.44. The maximum absolute atomic E-state index is 11.1. The first-order valence-corrected chi connectivity index (χ1v) is 5.90. The van der Waals surface area contributed by atoms with Crippen LogP contribution in [-0.2, 0) is 6.61 Å². The largest absolute Gasteiger partial charge is 0.477 e. The summed E-state index contributed by atoms with van der Waals surface area (Å²) in [5, 5.41) is 11.0. The zero-order chi connectivity index (χ0) is 12.3. The van der Waals surface area contributed by atoms with Crippen LogP contribution in [0.3, 0.4) is 0 Å². The van der Waals surface area contributed by atoms with E-state index in [2.05, 4.69) is 4.98 Å². The number of aryl methyl sites for hydroxylation is 1. The van der Waals surface area contributed by atoms with Crippen LogP contribution in [0.15, 0.2) is 29.8 Å². The van der Waals surface area contributed by atoms with Crippen molar-refractivity contribution in [1.29, 1.82) is 0 Å². The molecule has 5 heteroatoms. The standard InChI is InChI=1S/C12H11NO3S/c1-8-4-5-13-11(10(8)12(14)15)16-7-9-3-2-6-17-9/h2-6H,7H2,1H3,(H,14,15). The van der Waals surface area contributed by atoms with Crippen molar-refractivity contribution in [3.05, 3.63) is 45.8 Å². The molecule has 2 heterocycles. The van der Waals surface area contributed by atoms with Gasteiger partial charge in [0.25, 0.3) is 0 Å². The van der Waals surface area contributed by atoms with Crippen molar-refractivity contribution < 1.29 is 14.6 Å². The molecule has 0 spiro atoms. The number of carboxylic acids is 1. The fourth-order valence-corrected chi connectivity index (χ4v) is 2.05. The van der Waals surface area contributed by atoms with Gasteiger partial charge in [0.15, 0.2) is 0 Å². The van der Waals surface area contributed by atoms with Gasteiger partial charge in [-0.25, -0.2) is 9.78 Å². The molecule has 88 valence electrons. The van der Waals surface area contributed by atoms with Crippen molar-refractivity contribution in [1.82, 2.24) is 4.98 Å². The molecule has 0 fully saturated rings. The third kappa shape index (κ3) is 2.62. The van der Waals surface area contributed by atoms with E-state index in [9.17, 15) is 4.79 Å². The Morgan fingerprint density at radius 3 is 3.00 bits per heavy atom. The molecule has 0 bridgehead atoms. The lowest BCUT2D eigenvalue weighted by Gasteiger charge is -2.08. The SMILES string of the molecule is Cc1ccnc(OCc2cccs2)c1C(=O)O. The highest BCUT2D eigenvalue weighted by Crippen LogP contribution is 2.20. The van der Waals surface area contributed by atoms with Gasteiger partial charge >= 0.3 is 5.97 Å². The van der Waals surface area contributed by atoms with Crippen molar-refractivity contribution in [2.75, 3.05) is 0 Å². The minimum Gasteiger partial charge on any atom is -0.477 e. The summed E-state index contributed by atoms with van der Waals surface area (Å²) in [6.45, 7) is 2.07. The number of carboxylic acid groups (broad SMARTS) is 1. The second-order valence-corrected chi connectivity index (χ2v) is 4.51. The summed E-state index contributed by atoms with van der Waals surface area (Å²) in [5.41, 5.74) is 0.776. The highest BCUT2D eigenvalue weighted by atomic mass is 32.1. The Hall–Kier alpha value is -1.88. The number of rotatable bonds is 4. The number of aromatic nitrogens is 1.